The van der Waals surface area contributed by atoms with Gasteiger partial charge in [0.1, 0.15) is 0 Å². The summed E-state index contributed by atoms with van der Waals surface area (Å²) in [5.41, 5.74) is 0.296. The van der Waals surface area contributed by atoms with Crippen molar-refractivity contribution in [1.82, 2.24) is 10.2 Å². The van der Waals surface area contributed by atoms with Crippen molar-refractivity contribution < 1.29 is 17.2 Å². The van der Waals surface area contributed by atoms with Gasteiger partial charge >= 0.3 is 0 Å². The molecule has 1 aromatic heterocycles. The van der Waals surface area contributed by atoms with Crippen molar-refractivity contribution >= 4 is 27.3 Å². The van der Waals surface area contributed by atoms with Crippen molar-refractivity contribution in [3.8, 4) is 0 Å². The molecule has 0 radical (unpaired) electrons. The number of hydrogen-bond acceptors (Lipinski definition) is 5. The van der Waals surface area contributed by atoms with Gasteiger partial charge in [0.2, 0.25) is 10.0 Å². The van der Waals surface area contributed by atoms with Crippen LogP contribution in [0.5, 0.6) is 0 Å². The monoisotopic (exact) mass is 314 g/mol. The van der Waals surface area contributed by atoms with E-state index >= 15 is 0 Å². The van der Waals surface area contributed by atoms with E-state index in [9.17, 15) is 17.2 Å². The Kier molecular flexibility index (Phi) is 4.32. The molecule has 6 nitrogen and oxygen atoms in total. The fourth-order valence-electron chi connectivity index (χ4n) is 1.41. The van der Waals surface area contributed by atoms with Crippen molar-refractivity contribution in [3.63, 3.8) is 0 Å². The highest BCUT2D eigenvalue weighted by atomic mass is 32.2. The third kappa shape index (κ3) is 4.09. The highest BCUT2D eigenvalue weighted by Gasteiger charge is 2.08. The zero-order chi connectivity index (χ0) is 15.5. The second-order valence-electron chi connectivity index (χ2n) is 4.06. The summed E-state index contributed by atoms with van der Waals surface area (Å²) >= 11 is 0. The van der Waals surface area contributed by atoms with Crippen molar-refractivity contribution in [1.29, 1.82) is 0 Å². The van der Waals surface area contributed by atoms with Gasteiger partial charge in [-0.25, -0.2) is 17.2 Å². The molecule has 9 heteroatoms. The number of benzene rings is 1. The number of anilines is 3. The van der Waals surface area contributed by atoms with Crippen LogP contribution >= 0.6 is 0 Å². The molecule has 0 atom stereocenters. The average molecular weight is 314 g/mol. The number of halogens is 2. The summed E-state index contributed by atoms with van der Waals surface area (Å²) < 4.78 is 50.8. The highest BCUT2D eigenvalue weighted by Crippen LogP contribution is 2.17. The molecular weight excluding hydrogens is 302 g/mol. The number of aromatic nitrogens is 2. The lowest BCUT2D eigenvalue weighted by atomic mass is 10.3. The first kappa shape index (κ1) is 15.1. The molecule has 21 heavy (non-hydrogen) atoms. The van der Waals surface area contributed by atoms with Crippen molar-refractivity contribution in [2.75, 3.05) is 15.8 Å². The van der Waals surface area contributed by atoms with Crippen molar-refractivity contribution in [3.05, 3.63) is 42.0 Å². The summed E-state index contributed by atoms with van der Waals surface area (Å²) in [7, 11) is -3.42. The van der Waals surface area contributed by atoms with Crippen LogP contribution in [0.3, 0.4) is 0 Å². The molecule has 112 valence electrons. The van der Waals surface area contributed by atoms with Gasteiger partial charge in [0.05, 0.1) is 5.75 Å². The Morgan fingerprint density at radius 1 is 1.05 bits per heavy atom. The summed E-state index contributed by atoms with van der Waals surface area (Å²) in [6, 6.07) is 6.16. The number of rotatable bonds is 5. The number of nitrogens with zero attached hydrogens (tertiary/aromatic N) is 2. The Hall–Kier alpha value is -2.29. The van der Waals surface area contributed by atoms with Gasteiger partial charge in [-0.05, 0) is 31.2 Å². The van der Waals surface area contributed by atoms with Gasteiger partial charge in [0.15, 0.2) is 23.3 Å². The van der Waals surface area contributed by atoms with Crippen molar-refractivity contribution in [2.45, 2.75) is 6.92 Å². The third-order valence-electron chi connectivity index (χ3n) is 2.50. The Morgan fingerprint density at radius 3 is 2.29 bits per heavy atom. The summed E-state index contributed by atoms with van der Waals surface area (Å²) in [5, 5.41) is 10.1. The molecule has 1 heterocycles. The topological polar surface area (TPSA) is 84.0 Å². The number of sulfonamides is 1. The quantitative estimate of drug-likeness (QED) is 0.884. The van der Waals surface area contributed by atoms with E-state index in [1.807, 2.05) is 0 Å². The average Bonchev–Trinajstić information content (AvgIpc) is 2.45. The van der Waals surface area contributed by atoms with Crippen LogP contribution in [0.2, 0.25) is 0 Å². The SMILES string of the molecule is CCS(=O)(=O)Nc1ccc(Nc2ccc(F)c(F)c2)nn1. The predicted octanol–water partition coefficient (Wildman–Crippen LogP) is 2.26. The molecule has 2 N–H and O–H groups in total. The molecule has 0 saturated heterocycles. The summed E-state index contributed by atoms with van der Waals surface area (Å²) in [4.78, 5) is 0. The van der Waals surface area contributed by atoms with Crippen LogP contribution in [-0.4, -0.2) is 24.4 Å². The normalized spacial score (nSPS) is 11.2. The minimum absolute atomic E-state index is 0.0766. The second kappa shape index (κ2) is 6.00. The number of nitrogens with one attached hydrogen (secondary N) is 2. The molecule has 0 bridgehead atoms. The summed E-state index contributed by atoms with van der Waals surface area (Å²) in [6.45, 7) is 1.49. The predicted molar refractivity (Wildman–Crippen MR) is 74.8 cm³/mol. The Morgan fingerprint density at radius 2 is 1.71 bits per heavy atom. The molecule has 0 unspecified atom stereocenters. The van der Waals surface area contributed by atoms with Gasteiger partial charge in [0, 0.05) is 11.8 Å². The molecule has 2 rings (SSSR count). The molecule has 0 aliphatic heterocycles. The van der Waals surface area contributed by atoms with Gasteiger partial charge in [-0.3, -0.25) is 4.72 Å². The summed E-state index contributed by atoms with van der Waals surface area (Å²) in [5.74, 6) is -1.67. The van der Waals surface area contributed by atoms with Crippen LogP contribution in [0, 0.1) is 11.6 Å². The van der Waals surface area contributed by atoms with E-state index in [0.717, 1.165) is 12.1 Å². The molecule has 0 aliphatic rings. The third-order valence-corrected chi connectivity index (χ3v) is 3.78. The smallest absolute Gasteiger partial charge is 0.233 e. The zero-order valence-electron chi connectivity index (χ0n) is 11.0. The van der Waals surface area contributed by atoms with Gasteiger partial charge in [-0.15, -0.1) is 10.2 Å². The van der Waals surface area contributed by atoms with E-state index in [0.29, 0.717) is 5.69 Å². The standard InChI is InChI=1S/C12H12F2N4O2S/c1-2-21(19,20)18-12-6-5-11(16-17-12)15-8-3-4-9(13)10(14)7-8/h3-7H,2H2,1H3,(H,15,16)(H,17,18). The van der Waals surface area contributed by atoms with Crippen LogP contribution in [0.25, 0.3) is 0 Å². The molecule has 1 aromatic carbocycles. The van der Waals surface area contributed by atoms with E-state index in [2.05, 4.69) is 20.2 Å². The fraction of sp³-hybridized carbons (Fsp3) is 0.167. The van der Waals surface area contributed by atoms with Gasteiger partial charge < -0.3 is 5.32 Å². The van der Waals surface area contributed by atoms with E-state index in [1.165, 1.54) is 25.1 Å². The number of hydrogen-bond donors (Lipinski definition) is 2. The van der Waals surface area contributed by atoms with Gasteiger partial charge in [0.25, 0.3) is 0 Å². The first-order chi connectivity index (χ1) is 9.89. The highest BCUT2D eigenvalue weighted by molar-refractivity contribution is 7.92. The largest absolute Gasteiger partial charge is 0.339 e. The van der Waals surface area contributed by atoms with Crippen LogP contribution < -0.4 is 10.0 Å². The molecule has 0 spiro atoms. The first-order valence-electron chi connectivity index (χ1n) is 5.96. The Balaban J connectivity index is 2.10. The molecule has 0 fully saturated rings. The maximum Gasteiger partial charge on any atom is 0.233 e. The maximum atomic E-state index is 13.0. The van der Waals surface area contributed by atoms with Crippen LogP contribution in [0.15, 0.2) is 30.3 Å². The molecular formula is C12H12F2N4O2S. The summed E-state index contributed by atoms with van der Waals surface area (Å²) in [6.07, 6.45) is 0. The lowest BCUT2D eigenvalue weighted by Gasteiger charge is -2.07. The Labute approximate surface area is 120 Å². The molecule has 2 aromatic rings. The maximum absolute atomic E-state index is 13.0. The van der Waals surface area contributed by atoms with Crippen LogP contribution in [0.1, 0.15) is 6.92 Å². The molecule has 0 aliphatic carbocycles. The van der Waals surface area contributed by atoms with E-state index in [-0.39, 0.29) is 17.4 Å². The minimum Gasteiger partial charge on any atom is -0.339 e. The lowest BCUT2D eigenvalue weighted by molar-refractivity contribution is 0.509. The van der Waals surface area contributed by atoms with E-state index in [1.54, 1.807) is 0 Å². The second-order valence-corrected chi connectivity index (χ2v) is 6.07. The van der Waals surface area contributed by atoms with Crippen LogP contribution in [0.4, 0.5) is 26.1 Å². The molecule has 0 amide bonds. The fourth-order valence-corrected chi connectivity index (χ4v) is 1.98. The Bertz CT molecular complexity index is 735. The minimum atomic E-state index is -3.42. The van der Waals surface area contributed by atoms with E-state index < -0.39 is 21.7 Å². The van der Waals surface area contributed by atoms with Gasteiger partial charge in [-0.2, -0.15) is 0 Å². The first-order valence-corrected chi connectivity index (χ1v) is 7.61. The lowest BCUT2D eigenvalue weighted by Crippen LogP contribution is -2.15. The molecule has 0 saturated carbocycles. The zero-order valence-corrected chi connectivity index (χ0v) is 11.8. The van der Waals surface area contributed by atoms with Crippen molar-refractivity contribution in [2.24, 2.45) is 0 Å². The van der Waals surface area contributed by atoms with E-state index in [4.69, 9.17) is 0 Å². The van der Waals surface area contributed by atoms with Gasteiger partial charge in [-0.1, -0.05) is 0 Å². The van der Waals surface area contributed by atoms with Crippen LogP contribution in [-0.2, 0) is 10.0 Å².